The van der Waals surface area contributed by atoms with E-state index in [1.165, 1.54) is 23.1 Å². The molecule has 0 aliphatic heterocycles. The molecule has 1 amide bonds. The first-order chi connectivity index (χ1) is 17.8. The van der Waals surface area contributed by atoms with Gasteiger partial charge in [0.1, 0.15) is 17.1 Å². The molecule has 0 radical (unpaired) electrons. The first-order valence-electron chi connectivity index (χ1n) is 11.3. The molecule has 0 aliphatic rings. The monoisotopic (exact) mass is 495 g/mol. The van der Waals surface area contributed by atoms with Gasteiger partial charge >= 0.3 is 0 Å². The molecule has 9 nitrogen and oxygen atoms in total. The van der Waals surface area contributed by atoms with Gasteiger partial charge in [-0.05, 0) is 37.3 Å². The fourth-order valence-corrected chi connectivity index (χ4v) is 4.06. The van der Waals surface area contributed by atoms with Crippen molar-refractivity contribution < 1.29 is 9.18 Å². The van der Waals surface area contributed by atoms with E-state index in [2.05, 4.69) is 20.3 Å². The van der Waals surface area contributed by atoms with Crippen LogP contribution < -0.4 is 16.6 Å². The van der Waals surface area contributed by atoms with Crippen molar-refractivity contribution >= 4 is 17.4 Å². The SMILES string of the molecule is Cc1c(C(=O)Nc2ccc(-c3nc(-c4ccncc4F)cnc3N)cc2)c(=O)n(-c2ccccc2)n1C. The van der Waals surface area contributed by atoms with Crippen molar-refractivity contribution in [1.29, 1.82) is 0 Å². The molecule has 0 bridgehead atoms. The summed E-state index contributed by atoms with van der Waals surface area (Å²) in [6.07, 6.45) is 3.97. The number of anilines is 2. The third-order valence-corrected chi connectivity index (χ3v) is 6.05. The van der Waals surface area contributed by atoms with Gasteiger partial charge in [-0.2, -0.15) is 0 Å². The molecule has 184 valence electrons. The average molecular weight is 496 g/mol. The molecule has 3 heterocycles. The van der Waals surface area contributed by atoms with Crippen LogP contribution >= 0.6 is 0 Å². The van der Waals surface area contributed by atoms with Crippen LogP contribution in [0.15, 0.2) is 84.0 Å². The Balaban J connectivity index is 1.42. The molecule has 0 fully saturated rings. The highest BCUT2D eigenvalue weighted by molar-refractivity contribution is 6.05. The van der Waals surface area contributed by atoms with Gasteiger partial charge < -0.3 is 11.1 Å². The molecule has 3 N–H and O–H groups in total. The van der Waals surface area contributed by atoms with Gasteiger partial charge in [0.25, 0.3) is 11.5 Å². The predicted molar refractivity (Wildman–Crippen MR) is 139 cm³/mol. The van der Waals surface area contributed by atoms with E-state index in [1.54, 1.807) is 55.1 Å². The van der Waals surface area contributed by atoms with Crippen LogP contribution in [-0.2, 0) is 7.05 Å². The Labute approximate surface area is 211 Å². The minimum absolute atomic E-state index is 0.0534. The summed E-state index contributed by atoms with van der Waals surface area (Å²) in [6.45, 7) is 1.72. The van der Waals surface area contributed by atoms with E-state index in [0.717, 1.165) is 6.20 Å². The predicted octanol–water partition coefficient (Wildman–Crippen LogP) is 3.98. The van der Waals surface area contributed by atoms with Gasteiger partial charge in [0.2, 0.25) is 0 Å². The lowest BCUT2D eigenvalue weighted by molar-refractivity contribution is 0.102. The molecule has 5 aromatic rings. The Kier molecular flexibility index (Phi) is 6.06. The zero-order valence-corrected chi connectivity index (χ0v) is 20.0. The minimum Gasteiger partial charge on any atom is -0.382 e. The lowest BCUT2D eigenvalue weighted by atomic mass is 10.1. The average Bonchev–Trinajstić information content (AvgIpc) is 3.13. The van der Waals surface area contributed by atoms with E-state index in [1.807, 2.05) is 18.2 Å². The number of nitrogens with one attached hydrogen (secondary N) is 1. The fourth-order valence-electron chi connectivity index (χ4n) is 4.06. The van der Waals surface area contributed by atoms with Gasteiger partial charge in [0.15, 0.2) is 5.82 Å². The summed E-state index contributed by atoms with van der Waals surface area (Å²) in [5, 5.41) is 2.78. The zero-order chi connectivity index (χ0) is 26.1. The largest absolute Gasteiger partial charge is 0.382 e. The summed E-state index contributed by atoms with van der Waals surface area (Å²) in [6, 6.07) is 17.4. The maximum atomic E-state index is 14.2. The number of nitrogens with two attached hydrogens (primary N) is 1. The number of pyridine rings is 1. The van der Waals surface area contributed by atoms with Crippen molar-refractivity contribution in [1.82, 2.24) is 24.3 Å². The molecular formula is C27H22FN7O2. The number of carbonyl (C=O) groups excluding carboxylic acids is 1. The number of nitrogens with zero attached hydrogens (tertiary/aromatic N) is 5. The van der Waals surface area contributed by atoms with E-state index in [4.69, 9.17) is 5.73 Å². The first-order valence-corrected chi connectivity index (χ1v) is 11.3. The Bertz CT molecular complexity index is 1680. The Morgan fingerprint density at radius 2 is 1.76 bits per heavy atom. The van der Waals surface area contributed by atoms with Crippen LogP contribution in [0.2, 0.25) is 0 Å². The second kappa shape index (κ2) is 9.50. The van der Waals surface area contributed by atoms with Crippen molar-refractivity contribution in [3.63, 3.8) is 0 Å². The van der Waals surface area contributed by atoms with Gasteiger partial charge in [0.05, 0.1) is 29.5 Å². The summed E-state index contributed by atoms with van der Waals surface area (Å²) in [4.78, 5) is 38.6. The van der Waals surface area contributed by atoms with Crippen LogP contribution in [0.1, 0.15) is 16.1 Å². The van der Waals surface area contributed by atoms with E-state index in [0.29, 0.717) is 34.0 Å². The number of para-hydroxylation sites is 1. The van der Waals surface area contributed by atoms with Crippen molar-refractivity contribution in [2.75, 3.05) is 11.1 Å². The normalized spacial score (nSPS) is 10.9. The molecule has 0 aliphatic carbocycles. The summed E-state index contributed by atoms with van der Waals surface area (Å²) in [5.41, 5.74) is 8.92. The number of amides is 1. The second-order valence-corrected chi connectivity index (χ2v) is 8.31. The molecule has 0 spiro atoms. The first kappa shape index (κ1) is 23.6. The van der Waals surface area contributed by atoms with Crippen LogP contribution in [0.4, 0.5) is 15.9 Å². The summed E-state index contributed by atoms with van der Waals surface area (Å²) < 4.78 is 17.3. The number of rotatable bonds is 5. The maximum Gasteiger partial charge on any atom is 0.284 e. The Morgan fingerprint density at radius 3 is 2.46 bits per heavy atom. The summed E-state index contributed by atoms with van der Waals surface area (Å²) in [5.74, 6) is -0.862. The molecule has 10 heteroatoms. The number of aromatic nitrogens is 5. The van der Waals surface area contributed by atoms with E-state index in [-0.39, 0.29) is 16.9 Å². The van der Waals surface area contributed by atoms with Crippen molar-refractivity contribution in [3.8, 4) is 28.2 Å². The zero-order valence-electron chi connectivity index (χ0n) is 20.0. The van der Waals surface area contributed by atoms with Crippen molar-refractivity contribution in [2.45, 2.75) is 6.92 Å². The van der Waals surface area contributed by atoms with Crippen LogP contribution in [0.5, 0.6) is 0 Å². The topological polar surface area (TPSA) is 121 Å². The minimum atomic E-state index is -0.520. The lowest BCUT2D eigenvalue weighted by Gasteiger charge is -2.09. The van der Waals surface area contributed by atoms with Crippen molar-refractivity contribution in [3.05, 3.63) is 107 Å². The molecule has 2 aromatic carbocycles. The Hall–Kier alpha value is -5.12. The highest BCUT2D eigenvalue weighted by Crippen LogP contribution is 2.28. The smallest absolute Gasteiger partial charge is 0.284 e. The molecule has 0 saturated heterocycles. The Morgan fingerprint density at radius 1 is 1.03 bits per heavy atom. The quantitative estimate of drug-likeness (QED) is 0.381. The summed E-state index contributed by atoms with van der Waals surface area (Å²) in [7, 11) is 1.73. The van der Waals surface area contributed by atoms with Crippen molar-refractivity contribution in [2.24, 2.45) is 7.05 Å². The van der Waals surface area contributed by atoms with E-state index >= 15 is 0 Å². The van der Waals surface area contributed by atoms with Crippen LogP contribution in [0, 0.1) is 12.7 Å². The van der Waals surface area contributed by atoms with E-state index < -0.39 is 17.3 Å². The fraction of sp³-hybridized carbons (Fsp3) is 0.0741. The number of carbonyl (C=O) groups is 1. The van der Waals surface area contributed by atoms with Crippen LogP contribution in [0.3, 0.4) is 0 Å². The molecule has 5 rings (SSSR count). The van der Waals surface area contributed by atoms with Gasteiger partial charge in [0, 0.05) is 30.1 Å². The molecule has 0 saturated carbocycles. The molecular weight excluding hydrogens is 473 g/mol. The highest BCUT2D eigenvalue weighted by atomic mass is 19.1. The standard InChI is InChI=1S/C27H22FN7O2/c1-16-23(27(37)35(34(16)2)19-6-4-3-5-7-19)26(36)32-18-10-8-17(9-11-18)24-25(29)31-15-22(33-24)20-12-13-30-14-21(20)28/h3-15H,1-2H3,(H2,29,31)(H,32,36). The third kappa shape index (κ3) is 4.36. The number of nitrogen functional groups attached to an aromatic ring is 1. The van der Waals surface area contributed by atoms with Crippen LogP contribution in [0.25, 0.3) is 28.2 Å². The van der Waals surface area contributed by atoms with Gasteiger partial charge in [-0.15, -0.1) is 0 Å². The molecule has 37 heavy (non-hydrogen) atoms. The van der Waals surface area contributed by atoms with Crippen LogP contribution in [-0.4, -0.2) is 30.2 Å². The van der Waals surface area contributed by atoms with Gasteiger partial charge in [-0.1, -0.05) is 30.3 Å². The van der Waals surface area contributed by atoms with Gasteiger partial charge in [-0.3, -0.25) is 19.3 Å². The maximum absolute atomic E-state index is 14.2. The molecule has 0 atom stereocenters. The molecule has 0 unspecified atom stereocenters. The number of hydrogen-bond acceptors (Lipinski definition) is 6. The number of hydrogen-bond donors (Lipinski definition) is 2. The second-order valence-electron chi connectivity index (χ2n) is 8.31. The van der Waals surface area contributed by atoms with Gasteiger partial charge in [-0.25, -0.2) is 19.0 Å². The number of halogens is 1. The third-order valence-electron chi connectivity index (χ3n) is 6.05. The lowest BCUT2D eigenvalue weighted by Crippen LogP contribution is -2.25. The molecule has 3 aromatic heterocycles. The summed E-state index contributed by atoms with van der Waals surface area (Å²) >= 11 is 0. The highest BCUT2D eigenvalue weighted by Gasteiger charge is 2.22. The number of benzene rings is 2. The van der Waals surface area contributed by atoms with E-state index in [9.17, 15) is 14.0 Å².